The van der Waals surface area contributed by atoms with Crippen LogP contribution in [0.15, 0.2) is 27.1 Å². The van der Waals surface area contributed by atoms with Crippen LogP contribution in [0.25, 0.3) is 0 Å². The third-order valence-corrected chi connectivity index (χ3v) is 2.90. The maximum atomic E-state index is 11.8. The second kappa shape index (κ2) is 6.89. The number of carbonyl (C=O) groups is 2. The van der Waals surface area contributed by atoms with Gasteiger partial charge in [0.05, 0.1) is 6.54 Å². The first kappa shape index (κ1) is 15.2. The van der Waals surface area contributed by atoms with E-state index in [1.807, 2.05) is 19.9 Å². The smallest absolute Gasteiger partial charge is 0.251 e. The van der Waals surface area contributed by atoms with Gasteiger partial charge in [0.15, 0.2) is 0 Å². The molecule has 0 spiro atoms. The van der Waals surface area contributed by atoms with E-state index in [0.717, 1.165) is 8.95 Å². The van der Waals surface area contributed by atoms with E-state index in [2.05, 4.69) is 42.5 Å². The van der Waals surface area contributed by atoms with Gasteiger partial charge in [0.2, 0.25) is 5.91 Å². The van der Waals surface area contributed by atoms with Crippen molar-refractivity contribution in [2.75, 3.05) is 6.54 Å². The van der Waals surface area contributed by atoms with E-state index in [-0.39, 0.29) is 24.4 Å². The maximum absolute atomic E-state index is 11.8. The van der Waals surface area contributed by atoms with Crippen LogP contribution in [0.1, 0.15) is 24.2 Å². The van der Waals surface area contributed by atoms with E-state index in [0.29, 0.717) is 5.56 Å². The van der Waals surface area contributed by atoms with Crippen LogP contribution in [0.5, 0.6) is 0 Å². The summed E-state index contributed by atoms with van der Waals surface area (Å²) in [6.45, 7) is 3.71. The van der Waals surface area contributed by atoms with E-state index < -0.39 is 0 Å². The molecular formula is C12H14Br2N2O2. The molecule has 4 nitrogen and oxygen atoms in total. The molecule has 1 aromatic rings. The number of nitrogens with one attached hydrogen (secondary N) is 2. The summed E-state index contributed by atoms with van der Waals surface area (Å²) >= 11 is 6.61. The predicted octanol–water partition coefficient (Wildman–Crippen LogP) is 2.47. The van der Waals surface area contributed by atoms with Gasteiger partial charge in [0.25, 0.3) is 5.91 Å². The van der Waals surface area contributed by atoms with Crippen molar-refractivity contribution in [1.82, 2.24) is 10.6 Å². The van der Waals surface area contributed by atoms with Gasteiger partial charge in [0.1, 0.15) is 0 Å². The Kier molecular flexibility index (Phi) is 5.81. The molecule has 98 valence electrons. The Labute approximate surface area is 123 Å². The van der Waals surface area contributed by atoms with Crippen molar-refractivity contribution < 1.29 is 9.59 Å². The average molecular weight is 378 g/mol. The number of amides is 2. The van der Waals surface area contributed by atoms with Crippen molar-refractivity contribution in [1.29, 1.82) is 0 Å². The highest BCUT2D eigenvalue weighted by Crippen LogP contribution is 2.19. The Morgan fingerprint density at radius 2 is 1.72 bits per heavy atom. The van der Waals surface area contributed by atoms with Gasteiger partial charge < -0.3 is 10.6 Å². The first-order chi connectivity index (χ1) is 8.38. The number of carbonyl (C=O) groups excluding carboxylic acids is 2. The third kappa shape index (κ3) is 5.18. The van der Waals surface area contributed by atoms with E-state index >= 15 is 0 Å². The quantitative estimate of drug-likeness (QED) is 0.846. The van der Waals surface area contributed by atoms with Crippen LogP contribution in [0.2, 0.25) is 0 Å². The van der Waals surface area contributed by atoms with Crippen molar-refractivity contribution in [2.24, 2.45) is 0 Å². The topological polar surface area (TPSA) is 58.2 Å². The fourth-order valence-corrected chi connectivity index (χ4v) is 2.61. The highest BCUT2D eigenvalue weighted by atomic mass is 79.9. The van der Waals surface area contributed by atoms with Gasteiger partial charge in [-0.05, 0) is 32.0 Å². The molecule has 0 saturated carbocycles. The Hall–Kier alpha value is -0.880. The summed E-state index contributed by atoms with van der Waals surface area (Å²) < 4.78 is 1.60. The molecule has 1 rings (SSSR count). The zero-order valence-electron chi connectivity index (χ0n) is 10.1. The monoisotopic (exact) mass is 376 g/mol. The molecule has 1 aromatic carbocycles. The highest BCUT2D eigenvalue weighted by Gasteiger charge is 2.09. The molecule has 0 fully saturated rings. The lowest BCUT2D eigenvalue weighted by Crippen LogP contribution is -2.39. The molecule has 0 heterocycles. The number of rotatable bonds is 4. The molecule has 2 amide bonds. The minimum Gasteiger partial charge on any atom is -0.352 e. The average Bonchev–Trinajstić information content (AvgIpc) is 2.23. The normalized spacial score (nSPS) is 10.3. The van der Waals surface area contributed by atoms with Crippen LogP contribution in [0.4, 0.5) is 0 Å². The molecular weight excluding hydrogens is 364 g/mol. The molecule has 18 heavy (non-hydrogen) atoms. The molecule has 6 heteroatoms. The Morgan fingerprint density at radius 1 is 1.17 bits per heavy atom. The number of hydrogen-bond donors (Lipinski definition) is 2. The second-order valence-electron chi connectivity index (χ2n) is 4.06. The van der Waals surface area contributed by atoms with Crippen molar-refractivity contribution >= 4 is 43.7 Å². The summed E-state index contributed by atoms with van der Waals surface area (Å²) in [6.07, 6.45) is 0. The lowest BCUT2D eigenvalue weighted by atomic mass is 10.2. The molecule has 0 aliphatic rings. The highest BCUT2D eigenvalue weighted by molar-refractivity contribution is 9.11. The Balaban J connectivity index is 2.58. The van der Waals surface area contributed by atoms with Gasteiger partial charge in [-0.25, -0.2) is 0 Å². The summed E-state index contributed by atoms with van der Waals surface area (Å²) in [5, 5.41) is 5.27. The van der Waals surface area contributed by atoms with Gasteiger partial charge in [-0.1, -0.05) is 31.9 Å². The van der Waals surface area contributed by atoms with E-state index in [4.69, 9.17) is 0 Å². The van der Waals surface area contributed by atoms with E-state index in [1.165, 1.54) is 0 Å². The SMILES string of the molecule is CC(C)NC(=O)CNC(=O)c1cc(Br)cc(Br)c1. The Morgan fingerprint density at radius 3 is 2.22 bits per heavy atom. The Bertz CT molecular complexity index is 441. The van der Waals surface area contributed by atoms with E-state index in [9.17, 15) is 9.59 Å². The zero-order valence-corrected chi connectivity index (χ0v) is 13.3. The van der Waals surface area contributed by atoms with Crippen molar-refractivity contribution in [2.45, 2.75) is 19.9 Å². The van der Waals surface area contributed by atoms with Crippen LogP contribution in [0, 0.1) is 0 Å². The second-order valence-corrected chi connectivity index (χ2v) is 5.89. The molecule has 0 bridgehead atoms. The van der Waals surface area contributed by atoms with Gasteiger partial charge in [0, 0.05) is 20.6 Å². The lowest BCUT2D eigenvalue weighted by Gasteiger charge is -2.09. The van der Waals surface area contributed by atoms with Gasteiger partial charge >= 0.3 is 0 Å². The lowest BCUT2D eigenvalue weighted by molar-refractivity contribution is -0.120. The first-order valence-corrected chi connectivity index (χ1v) is 7.00. The van der Waals surface area contributed by atoms with Crippen molar-refractivity contribution in [3.63, 3.8) is 0 Å². The van der Waals surface area contributed by atoms with Crippen LogP contribution in [-0.2, 0) is 4.79 Å². The predicted molar refractivity (Wildman–Crippen MR) is 77.5 cm³/mol. The third-order valence-electron chi connectivity index (χ3n) is 1.98. The standard InChI is InChI=1S/C12H14Br2N2O2/c1-7(2)16-11(17)6-15-12(18)8-3-9(13)5-10(14)4-8/h3-5,7H,6H2,1-2H3,(H,15,18)(H,16,17). The molecule has 0 aliphatic heterocycles. The molecule has 0 radical (unpaired) electrons. The fourth-order valence-electron chi connectivity index (χ4n) is 1.32. The number of hydrogen-bond acceptors (Lipinski definition) is 2. The summed E-state index contributed by atoms with van der Waals surface area (Å²) in [4.78, 5) is 23.2. The van der Waals surface area contributed by atoms with Crippen LogP contribution >= 0.6 is 31.9 Å². The fraction of sp³-hybridized carbons (Fsp3) is 0.333. The number of benzene rings is 1. The zero-order chi connectivity index (χ0) is 13.7. The summed E-state index contributed by atoms with van der Waals surface area (Å²) in [5.74, 6) is -0.483. The van der Waals surface area contributed by atoms with Crippen LogP contribution in [-0.4, -0.2) is 24.4 Å². The van der Waals surface area contributed by atoms with Gasteiger partial charge in [-0.15, -0.1) is 0 Å². The molecule has 2 N–H and O–H groups in total. The van der Waals surface area contributed by atoms with Gasteiger partial charge in [-0.2, -0.15) is 0 Å². The molecule has 0 atom stereocenters. The first-order valence-electron chi connectivity index (χ1n) is 5.42. The summed E-state index contributed by atoms with van der Waals surface area (Å²) in [5.41, 5.74) is 0.494. The number of halogens is 2. The molecule has 0 aromatic heterocycles. The largest absolute Gasteiger partial charge is 0.352 e. The van der Waals surface area contributed by atoms with Crippen molar-refractivity contribution in [3.05, 3.63) is 32.7 Å². The molecule has 0 aliphatic carbocycles. The maximum Gasteiger partial charge on any atom is 0.251 e. The minimum absolute atomic E-state index is 0.0266. The molecule has 0 saturated heterocycles. The minimum atomic E-state index is -0.282. The van der Waals surface area contributed by atoms with E-state index in [1.54, 1.807) is 12.1 Å². The van der Waals surface area contributed by atoms with Crippen molar-refractivity contribution in [3.8, 4) is 0 Å². The van der Waals surface area contributed by atoms with Crippen LogP contribution < -0.4 is 10.6 Å². The molecule has 0 unspecified atom stereocenters. The summed E-state index contributed by atoms with van der Waals surface area (Å²) in [6, 6.07) is 5.29. The van der Waals surface area contributed by atoms with Gasteiger partial charge in [-0.3, -0.25) is 9.59 Å². The summed E-state index contributed by atoms with van der Waals surface area (Å²) in [7, 11) is 0. The van der Waals surface area contributed by atoms with Crippen LogP contribution in [0.3, 0.4) is 0 Å².